The first-order valence-electron chi connectivity index (χ1n) is 6.04. The number of amides is 2. The summed E-state index contributed by atoms with van der Waals surface area (Å²) < 4.78 is 0. The van der Waals surface area contributed by atoms with Crippen molar-refractivity contribution in [3.05, 3.63) is 28.8 Å². The van der Waals surface area contributed by atoms with Gasteiger partial charge in [-0.3, -0.25) is 9.59 Å². The molecule has 0 aromatic heterocycles. The minimum Gasteiger partial charge on any atom is -0.355 e. The molecule has 0 unspecified atom stereocenters. The molecule has 0 saturated heterocycles. The Morgan fingerprint density at radius 3 is 2.55 bits per heavy atom. The summed E-state index contributed by atoms with van der Waals surface area (Å²) in [5, 5.41) is 8.66. The molecule has 0 heterocycles. The average molecular weight is 320 g/mol. The molecule has 0 bridgehead atoms. The van der Waals surface area contributed by atoms with Crippen molar-refractivity contribution in [3.63, 3.8) is 0 Å². The van der Waals surface area contributed by atoms with Crippen LogP contribution in [0, 0.1) is 0 Å². The molecule has 1 aromatic carbocycles. The maximum Gasteiger partial charge on any atom is 0.253 e. The number of carbonyl (C=O) groups is 2. The number of halogens is 2. The van der Waals surface area contributed by atoms with Crippen LogP contribution in [-0.4, -0.2) is 32.5 Å². The van der Waals surface area contributed by atoms with E-state index in [-0.39, 0.29) is 24.2 Å². The van der Waals surface area contributed by atoms with E-state index in [1.165, 1.54) is 13.1 Å². The maximum atomic E-state index is 11.7. The molecular formula is C13H19Cl2N3O2. The predicted molar refractivity (Wildman–Crippen MR) is 83.9 cm³/mol. The third-order valence-corrected chi connectivity index (χ3v) is 2.79. The molecule has 0 aliphatic rings. The van der Waals surface area contributed by atoms with Gasteiger partial charge in [-0.25, -0.2) is 0 Å². The monoisotopic (exact) mass is 319 g/mol. The van der Waals surface area contributed by atoms with Gasteiger partial charge >= 0.3 is 0 Å². The van der Waals surface area contributed by atoms with Crippen molar-refractivity contribution in [1.29, 1.82) is 0 Å². The highest BCUT2D eigenvalue weighted by atomic mass is 35.5. The van der Waals surface area contributed by atoms with Crippen molar-refractivity contribution >= 4 is 41.5 Å². The molecule has 1 rings (SSSR count). The van der Waals surface area contributed by atoms with Gasteiger partial charge in [-0.2, -0.15) is 0 Å². The fourth-order valence-electron chi connectivity index (χ4n) is 1.59. The normalized spacial score (nSPS) is 9.55. The van der Waals surface area contributed by atoms with Crippen molar-refractivity contribution in [2.75, 3.05) is 26.0 Å². The number of anilines is 1. The minimum absolute atomic E-state index is 0. The van der Waals surface area contributed by atoms with E-state index in [1.54, 1.807) is 12.1 Å². The van der Waals surface area contributed by atoms with Gasteiger partial charge in [0.1, 0.15) is 0 Å². The standard InChI is InChI=1S/C13H18ClN3O2.ClH/c1-15-7-3-4-12(18)17-11-6-5-9(14)8-10(11)13(19)16-2;/h5-6,8,15H,3-4,7H2,1-2H3,(H,16,19)(H,17,18);1H. The lowest BCUT2D eigenvalue weighted by molar-refractivity contribution is -0.116. The Morgan fingerprint density at radius 1 is 1.25 bits per heavy atom. The molecule has 0 aliphatic carbocycles. The second kappa shape index (κ2) is 9.58. The van der Waals surface area contributed by atoms with E-state index >= 15 is 0 Å². The summed E-state index contributed by atoms with van der Waals surface area (Å²) in [6.45, 7) is 0.774. The van der Waals surface area contributed by atoms with Crippen LogP contribution in [0.15, 0.2) is 18.2 Å². The quantitative estimate of drug-likeness (QED) is 0.703. The van der Waals surface area contributed by atoms with E-state index in [0.717, 1.165) is 13.0 Å². The first kappa shape index (κ1) is 18.7. The zero-order valence-corrected chi connectivity index (χ0v) is 13.0. The van der Waals surface area contributed by atoms with Gasteiger partial charge in [-0.1, -0.05) is 11.6 Å². The molecular weight excluding hydrogens is 301 g/mol. The van der Waals surface area contributed by atoms with E-state index < -0.39 is 0 Å². The fraction of sp³-hybridized carbons (Fsp3) is 0.385. The van der Waals surface area contributed by atoms with Crippen molar-refractivity contribution in [3.8, 4) is 0 Å². The lowest BCUT2D eigenvalue weighted by Crippen LogP contribution is -2.22. The van der Waals surface area contributed by atoms with Gasteiger partial charge in [0.15, 0.2) is 0 Å². The van der Waals surface area contributed by atoms with E-state index in [1.807, 2.05) is 7.05 Å². The molecule has 0 radical (unpaired) electrons. The molecule has 1 aromatic rings. The minimum atomic E-state index is -0.284. The molecule has 5 nitrogen and oxygen atoms in total. The number of hydrogen-bond acceptors (Lipinski definition) is 3. The molecule has 0 saturated carbocycles. The second-order valence-corrected chi connectivity index (χ2v) is 4.46. The van der Waals surface area contributed by atoms with Crippen LogP contribution in [0.1, 0.15) is 23.2 Å². The van der Waals surface area contributed by atoms with Gasteiger partial charge in [0.2, 0.25) is 5.91 Å². The fourth-order valence-corrected chi connectivity index (χ4v) is 1.76. The van der Waals surface area contributed by atoms with Gasteiger partial charge in [-0.15, -0.1) is 12.4 Å². The molecule has 2 amide bonds. The first-order valence-corrected chi connectivity index (χ1v) is 6.42. The van der Waals surface area contributed by atoms with Crippen LogP contribution in [-0.2, 0) is 4.79 Å². The molecule has 0 aliphatic heterocycles. The summed E-state index contributed by atoms with van der Waals surface area (Å²) in [5.74, 6) is -0.407. The Hall–Kier alpha value is -1.30. The maximum absolute atomic E-state index is 11.7. The highest BCUT2D eigenvalue weighted by Crippen LogP contribution is 2.21. The predicted octanol–water partition coefficient (Wildman–Crippen LogP) is 2.06. The lowest BCUT2D eigenvalue weighted by atomic mass is 10.1. The number of benzene rings is 1. The third kappa shape index (κ3) is 5.77. The molecule has 112 valence electrons. The van der Waals surface area contributed by atoms with E-state index in [9.17, 15) is 9.59 Å². The van der Waals surface area contributed by atoms with E-state index in [4.69, 9.17) is 11.6 Å². The van der Waals surface area contributed by atoms with Gasteiger partial charge in [-0.05, 0) is 38.2 Å². The Bertz CT molecular complexity index is 467. The highest BCUT2D eigenvalue weighted by molar-refractivity contribution is 6.31. The largest absolute Gasteiger partial charge is 0.355 e. The summed E-state index contributed by atoms with van der Waals surface area (Å²) in [5.41, 5.74) is 0.829. The van der Waals surface area contributed by atoms with Gasteiger partial charge in [0.25, 0.3) is 5.91 Å². The zero-order valence-electron chi connectivity index (χ0n) is 11.5. The van der Waals surface area contributed by atoms with Crippen molar-refractivity contribution in [2.24, 2.45) is 0 Å². The average Bonchev–Trinajstić information content (AvgIpc) is 2.40. The smallest absolute Gasteiger partial charge is 0.253 e. The van der Waals surface area contributed by atoms with Crippen LogP contribution in [0.2, 0.25) is 5.02 Å². The van der Waals surface area contributed by atoms with Crippen LogP contribution in [0.5, 0.6) is 0 Å². The summed E-state index contributed by atoms with van der Waals surface area (Å²) >= 11 is 5.86. The lowest BCUT2D eigenvalue weighted by Gasteiger charge is -2.10. The molecule has 0 fully saturated rings. The second-order valence-electron chi connectivity index (χ2n) is 4.02. The molecule has 7 heteroatoms. The molecule has 20 heavy (non-hydrogen) atoms. The van der Waals surface area contributed by atoms with Crippen LogP contribution >= 0.6 is 24.0 Å². The summed E-state index contributed by atoms with van der Waals surface area (Å²) in [4.78, 5) is 23.4. The van der Waals surface area contributed by atoms with Gasteiger partial charge in [0, 0.05) is 18.5 Å². The highest BCUT2D eigenvalue weighted by Gasteiger charge is 2.12. The summed E-state index contributed by atoms with van der Waals surface area (Å²) in [6.07, 6.45) is 1.14. The Morgan fingerprint density at radius 2 is 1.95 bits per heavy atom. The Labute approximate surface area is 129 Å². The molecule has 0 atom stereocenters. The SMILES string of the molecule is CNCCCC(=O)Nc1ccc(Cl)cc1C(=O)NC.Cl. The zero-order chi connectivity index (χ0) is 14.3. The number of rotatable bonds is 6. The van der Waals surface area contributed by atoms with Crippen LogP contribution in [0.25, 0.3) is 0 Å². The molecule has 0 spiro atoms. The van der Waals surface area contributed by atoms with Crippen LogP contribution < -0.4 is 16.0 Å². The van der Waals surface area contributed by atoms with E-state index in [2.05, 4.69) is 16.0 Å². The number of carbonyl (C=O) groups excluding carboxylic acids is 2. The van der Waals surface area contributed by atoms with Gasteiger partial charge < -0.3 is 16.0 Å². The van der Waals surface area contributed by atoms with Crippen LogP contribution in [0.3, 0.4) is 0 Å². The van der Waals surface area contributed by atoms with E-state index in [0.29, 0.717) is 22.7 Å². The third-order valence-electron chi connectivity index (χ3n) is 2.56. The number of hydrogen-bond donors (Lipinski definition) is 3. The topological polar surface area (TPSA) is 70.2 Å². The summed E-state index contributed by atoms with van der Waals surface area (Å²) in [7, 11) is 3.36. The first-order chi connectivity index (χ1) is 9.08. The molecule has 3 N–H and O–H groups in total. The Balaban J connectivity index is 0.00000361. The Kier molecular flexibility index (Phi) is 8.96. The summed E-state index contributed by atoms with van der Waals surface area (Å²) in [6, 6.07) is 4.80. The van der Waals surface area contributed by atoms with Crippen LogP contribution in [0.4, 0.5) is 5.69 Å². The van der Waals surface area contributed by atoms with Gasteiger partial charge in [0.05, 0.1) is 11.3 Å². The van der Waals surface area contributed by atoms with Crippen molar-refractivity contribution in [2.45, 2.75) is 12.8 Å². The van der Waals surface area contributed by atoms with Crippen molar-refractivity contribution < 1.29 is 9.59 Å². The van der Waals surface area contributed by atoms with Crippen molar-refractivity contribution in [1.82, 2.24) is 10.6 Å². The number of nitrogens with one attached hydrogen (secondary N) is 3.